The monoisotopic (exact) mass is 359 g/mol. The average Bonchev–Trinajstić information content (AvgIpc) is 3.07. The SMILES string of the molecule is O=C(NCCc1ccn(-c2ccccc2)n1)c1ccc(Cl)c(Cl)c1. The van der Waals surface area contributed by atoms with E-state index >= 15 is 0 Å². The Kier molecular flexibility index (Phi) is 5.18. The summed E-state index contributed by atoms with van der Waals surface area (Å²) in [6, 6.07) is 16.6. The zero-order valence-corrected chi connectivity index (χ0v) is 14.3. The lowest BCUT2D eigenvalue weighted by atomic mass is 10.2. The van der Waals surface area contributed by atoms with Crippen molar-refractivity contribution in [3.8, 4) is 5.69 Å². The van der Waals surface area contributed by atoms with E-state index in [2.05, 4.69) is 10.4 Å². The molecule has 3 rings (SSSR count). The highest BCUT2D eigenvalue weighted by molar-refractivity contribution is 6.42. The fraction of sp³-hybridized carbons (Fsp3) is 0.111. The first-order valence-corrected chi connectivity index (χ1v) is 8.22. The van der Waals surface area contributed by atoms with Crippen LogP contribution in [0.4, 0.5) is 0 Å². The molecule has 3 aromatic rings. The number of benzene rings is 2. The number of rotatable bonds is 5. The fourth-order valence-corrected chi connectivity index (χ4v) is 2.56. The average molecular weight is 360 g/mol. The third-order valence-corrected chi connectivity index (χ3v) is 4.25. The lowest BCUT2D eigenvalue weighted by molar-refractivity contribution is 0.0954. The number of hydrogen-bond donors (Lipinski definition) is 1. The Bertz CT molecular complexity index is 846. The molecule has 0 aliphatic carbocycles. The molecule has 1 aromatic heterocycles. The van der Waals surface area contributed by atoms with Crippen molar-refractivity contribution in [1.82, 2.24) is 15.1 Å². The minimum Gasteiger partial charge on any atom is -0.352 e. The lowest BCUT2D eigenvalue weighted by Gasteiger charge is -2.05. The quantitative estimate of drug-likeness (QED) is 0.743. The van der Waals surface area contributed by atoms with Gasteiger partial charge in [0.05, 0.1) is 21.4 Å². The molecule has 1 N–H and O–H groups in total. The highest BCUT2D eigenvalue weighted by Crippen LogP contribution is 2.22. The third kappa shape index (κ3) is 3.96. The van der Waals surface area contributed by atoms with Crippen LogP contribution in [0.25, 0.3) is 5.69 Å². The molecule has 1 amide bonds. The predicted molar refractivity (Wildman–Crippen MR) is 96.1 cm³/mol. The molecule has 0 aliphatic heterocycles. The molecule has 0 spiro atoms. The van der Waals surface area contributed by atoms with E-state index in [9.17, 15) is 4.79 Å². The topological polar surface area (TPSA) is 46.9 Å². The summed E-state index contributed by atoms with van der Waals surface area (Å²) in [6.45, 7) is 0.491. The Balaban J connectivity index is 1.56. The molecular weight excluding hydrogens is 345 g/mol. The van der Waals surface area contributed by atoms with Gasteiger partial charge >= 0.3 is 0 Å². The molecule has 6 heteroatoms. The lowest BCUT2D eigenvalue weighted by Crippen LogP contribution is -2.25. The second-order valence-corrected chi connectivity index (χ2v) is 6.04. The van der Waals surface area contributed by atoms with Gasteiger partial charge in [-0.25, -0.2) is 4.68 Å². The Morgan fingerprint density at radius 2 is 1.83 bits per heavy atom. The molecule has 0 aliphatic rings. The fourth-order valence-electron chi connectivity index (χ4n) is 2.26. The van der Waals surface area contributed by atoms with Crippen LogP contribution < -0.4 is 5.32 Å². The summed E-state index contributed by atoms with van der Waals surface area (Å²) in [5.41, 5.74) is 2.40. The number of halogens is 2. The van der Waals surface area contributed by atoms with Crippen LogP contribution in [0.5, 0.6) is 0 Å². The maximum atomic E-state index is 12.1. The minimum absolute atomic E-state index is 0.184. The number of hydrogen-bond acceptors (Lipinski definition) is 2. The molecule has 0 saturated heterocycles. The van der Waals surface area contributed by atoms with Gasteiger partial charge < -0.3 is 5.32 Å². The molecule has 0 atom stereocenters. The largest absolute Gasteiger partial charge is 0.352 e. The van der Waals surface area contributed by atoms with Gasteiger partial charge in [-0.05, 0) is 36.4 Å². The van der Waals surface area contributed by atoms with Crippen LogP contribution in [0.2, 0.25) is 10.0 Å². The number of amides is 1. The van der Waals surface area contributed by atoms with Crippen LogP contribution in [-0.4, -0.2) is 22.2 Å². The first kappa shape index (κ1) is 16.6. The standard InChI is InChI=1S/C18H15Cl2N3O/c19-16-7-6-13(12-17(16)20)18(24)21-10-8-14-9-11-23(22-14)15-4-2-1-3-5-15/h1-7,9,11-12H,8,10H2,(H,21,24). The highest BCUT2D eigenvalue weighted by Gasteiger charge is 2.08. The Morgan fingerprint density at radius 3 is 2.58 bits per heavy atom. The van der Waals surface area contributed by atoms with Crippen molar-refractivity contribution >= 4 is 29.1 Å². The normalized spacial score (nSPS) is 10.6. The van der Waals surface area contributed by atoms with Crippen LogP contribution in [0, 0.1) is 0 Å². The summed E-state index contributed by atoms with van der Waals surface area (Å²) >= 11 is 11.8. The van der Waals surface area contributed by atoms with Gasteiger partial charge in [0.25, 0.3) is 5.91 Å². The molecule has 4 nitrogen and oxygen atoms in total. The molecular formula is C18H15Cl2N3O. The van der Waals surface area contributed by atoms with Crippen molar-refractivity contribution < 1.29 is 4.79 Å². The maximum absolute atomic E-state index is 12.1. The number of carbonyl (C=O) groups is 1. The summed E-state index contributed by atoms with van der Waals surface area (Å²) in [5.74, 6) is -0.184. The van der Waals surface area contributed by atoms with E-state index < -0.39 is 0 Å². The molecule has 1 heterocycles. The van der Waals surface area contributed by atoms with Crippen molar-refractivity contribution in [2.24, 2.45) is 0 Å². The second kappa shape index (κ2) is 7.51. The van der Waals surface area contributed by atoms with Gasteiger partial charge in [0.1, 0.15) is 0 Å². The molecule has 0 saturated carbocycles. The predicted octanol–water partition coefficient (Wildman–Crippen LogP) is 4.15. The van der Waals surface area contributed by atoms with Crippen LogP contribution in [0.3, 0.4) is 0 Å². The van der Waals surface area contributed by atoms with E-state index in [1.807, 2.05) is 47.3 Å². The Morgan fingerprint density at radius 1 is 1.04 bits per heavy atom. The van der Waals surface area contributed by atoms with Gasteiger partial charge in [-0.15, -0.1) is 0 Å². The number of aromatic nitrogens is 2. The van der Waals surface area contributed by atoms with E-state index in [4.69, 9.17) is 23.2 Å². The van der Waals surface area contributed by atoms with Crippen LogP contribution in [-0.2, 0) is 6.42 Å². The maximum Gasteiger partial charge on any atom is 0.251 e. The molecule has 2 aromatic carbocycles. The van der Waals surface area contributed by atoms with Gasteiger partial charge in [-0.2, -0.15) is 5.10 Å². The van der Waals surface area contributed by atoms with E-state index in [1.165, 1.54) is 0 Å². The van der Waals surface area contributed by atoms with Crippen molar-refractivity contribution in [3.63, 3.8) is 0 Å². The van der Waals surface area contributed by atoms with Crippen molar-refractivity contribution in [3.05, 3.63) is 82.1 Å². The number of para-hydroxylation sites is 1. The summed E-state index contributed by atoms with van der Waals surface area (Å²) in [5, 5.41) is 8.15. The van der Waals surface area contributed by atoms with Gasteiger partial charge in [0, 0.05) is 24.7 Å². The second-order valence-electron chi connectivity index (χ2n) is 5.22. The summed E-state index contributed by atoms with van der Waals surface area (Å²) in [4.78, 5) is 12.1. The first-order valence-electron chi connectivity index (χ1n) is 7.47. The number of carbonyl (C=O) groups excluding carboxylic acids is 1. The van der Waals surface area contributed by atoms with E-state index in [1.54, 1.807) is 18.2 Å². The third-order valence-electron chi connectivity index (χ3n) is 3.51. The van der Waals surface area contributed by atoms with E-state index in [0.29, 0.717) is 28.6 Å². The van der Waals surface area contributed by atoms with Crippen molar-refractivity contribution in [2.45, 2.75) is 6.42 Å². The van der Waals surface area contributed by atoms with Gasteiger partial charge in [0.15, 0.2) is 0 Å². The summed E-state index contributed by atoms with van der Waals surface area (Å²) < 4.78 is 1.82. The first-order chi connectivity index (χ1) is 11.6. The minimum atomic E-state index is -0.184. The van der Waals surface area contributed by atoms with E-state index in [0.717, 1.165) is 11.4 Å². The molecule has 0 unspecified atom stereocenters. The smallest absolute Gasteiger partial charge is 0.251 e. The van der Waals surface area contributed by atoms with Crippen molar-refractivity contribution in [2.75, 3.05) is 6.54 Å². The number of nitrogens with zero attached hydrogens (tertiary/aromatic N) is 2. The zero-order chi connectivity index (χ0) is 16.9. The Hall–Kier alpha value is -2.30. The summed E-state index contributed by atoms with van der Waals surface area (Å²) in [7, 11) is 0. The molecule has 24 heavy (non-hydrogen) atoms. The molecule has 0 bridgehead atoms. The zero-order valence-electron chi connectivity index (χ0n) is 12.7. The van der Waals surface area contributed by atoms with Crippen LogP contribution in [0.15, 0.2) is 60.8 Å². The van der Waals surface area contributed by atoms with Crippen LogP contribution >= 0.6 is 23.2 Å². The van der Waals surface area contributed by atoms with Crippen LogP contribution in [0.1, 0.15) is 16.1 Å². The van der Waals surface area contributed by atoms with Crippen molar-refractivity contribution in [1.29, 1.82) is 0 Å². The van der Waals surface area contributed by atoms with E-state index in [-0.39, 0.29) is 5.91 Å². The molecule has 0 radical (unpaired) electrons. The van der Waals surface area contributed by atoms with Gasteiger partial charge in [-0.1, -0.05) is 41.4 Å². The Labute approximate surface area is 150 Å². The number of nitrogens with one attached hydrogen (secondary N) is 1. The van der Waals surface area contributed by atoms with Gasteiger partial charge in [0.2, 0.25) is 0 Å². The highest BCUT2D eigenvalue weighted by atomic mass is 35.5. The molecule has 122 valence electrons. The molecule has 0 fully saturated rings. The summed E-state index contributed by atoms with van der Waals surface area (Å²) in [6.07, 6.45) is 2.55. The van der Waals surface area contributed by atoms with Gasteiger partial charge in [-0.3, -0.25) is 4.79 Å².